The monoisotopic (exact) mass is 483 g/mol. The number of hydrogen-bond acceptors (Lipinski definition) is 9. The molecule has 2 unspecified atom stereocenters. The van der Waals surface area contributed by atoms with Crippen molar-refractivity contribution in [3.05, 3.63) is 52.0 Å². The molecule has 0 bridgehead atoms. The van der Waals surface area contributed by atoms with Crippen LogP contribution in [0.4, 0.5) is 5.69 Å². The van der Waals surface area contributed by atoms with Crippen LogP contribution in [0, 0.1) is 0 Å². The predicted molar refractivity (Wildman–Crippen MR) is 134 cm³/mol. The van der Waals surface area contributed by atoms with Gasteiger partial charge in [0.15, 0.2) is 5.82 Å². The second kappa shape index (κ2) is 10.9. The summed E-state index contributed by atoms with van der Waals surface area (Å²) in [7, 11) is 3.37. The van der Waals surface area contributed by atoms with E-state index in [1.807, 2.05) is 6.07 Å². The summed E-state index contributed by atoms with van der Waals surface area (Å²) in [5.74, 6) is 0.983. The summed E-state index contributed by atoms with van der Waals surface area (Å²) < 4.78 is 12.6. The van der Waals surface area contributed by atoms with Crippen molar-refractivity contribution >= 4 is 24.1 Å². The van der Waals surface area contributed by atoms with Crippen molar-refractivity contribution in [3.63, 3.8) is 0 Å². The van der Waals surface area contributed by atoms with E-state index in [0.29, 0.717) is 35.3 Å². The van der Waals surface area contributed by atoms with Crippen molar-refractivity contribution < 1.29 is 14.3 Å². The van der Waals surface area contributed by atoms with E-state index in [2.05, 4.69) is 32.8 Å². The van der Waals surface area contributed by atoms with E-state index in [0.717, 1.165) is 32.3 Å². The van der Waals surface area contributed by atoms with Gasteiger partial charge in [0.25, 0.3) is 11.5 Å². The summed E-state index contributed by atoms with van der Waals surface area (Å²) in [5, 5.41) is 14.7. The minimum Gasteiger partial charge on any atom is -0.379 e. The molecule has 1 saturated heterocycles. The molecule has 2 fully saturated rings. The van der Waals surface area contributed by atoms with E-state index >= 15 is 0 Å². The van der Waals surface area contributed by atoms with Crippen molar-refractivity contribution in [2.75, 3.05) is 32.7 Å². The molecule has 1 aromatic heterocycles. The fourth-order valence-electron chi connectivity index (χ4n) is 4.40. The molecule has 2 aliphatic heterocycles. The Hall–Kier alpha value is -3.44. The van der Waals surface area contributed by atoms with Gasteiger partial charge < -0.3 is 30.0 Å². The Kier molecular flexibility index (Phi) is 7.67. The van der Waals surface area contributed by atoms with Crippen molar-refractivity contribution in [2.45, 2.75) is 50.8 Å². The fraction of sp³-hybridized carbons (Fsp3) is 0.500. The van der Waals surface area contributed by atoms with E-state index in [9.17, 15) is 9.59 Å². The number of hydrogen-bond donors (Lipinski definition) is 3. The number of pyridine rings is 1. The molecule has 1 saturated carbocycles. The maximum atomic E-state index is 13.2. The van der Waals surface area contributed by atoms with Crippen LogP contribution in [-0.4, -0.2) is 67.6 Å². The Bertz CT molecular complexity index is 1120. The second-order valence-corrected chi connectivity index (χ2v) is 8.74. The zero-order valence-electron chi connectivity index (χ0n) is 20.4. The average molecular weight is 484 g/mol. The van der Waals surface area contributed by atoms with Crippen molar-refractivity contribution in [2.24, 2.45) is 10.1 Å². The van der Waals surface area contributed by atoms with Crippen LogP contribution in [0.15, 0.2) is 56.5 Å². The Labute approximate surface area is 204 Å². The molecule has 1 amide bonds. The number of nitrogens with zero attached hydrogens (tertiary/aromatic N) is 4. The number of amidine groups is 1. The molecule has 11 nitrogen and oxygen atoms in total. The molecular weight excluding hydrogens is 450 g/mol. The molecule has 0 spiro atoms. The largest absolute Gasteiger partial charge is 0.379 e. The van der Waals surface area contributed by atoms with Crippen LogP contribution in [0.3, 0.4) is 0 Å². The minimum atomic E-state index is -0.264. The first kappa shape index (κ1) is 24.7. The molecule has 35 heavy (non-hydrogen) atoms. The van der Waals surface area contributed by atoms with E-state index in [-0.39, 0.29) is 29.7 Å². The lowest BCUT2D eigenvalue weighted by molar-refractivity contribution is -0.120. The molecular formula is C24H33N7O4. The smallest absolute Gasteiger partial charge is 0.274 e. The Balaban J connectivity index is 1.62. The lowest BCUT2D eigenvalue weighted by atomic mass is 9.89. The summed E-state index contributed by atoms with van der Waals surface area (Å²) in [6.07, 6.45) is 7.08. The lowest BCUT2D eigenvalue weighted by Crippen LogP contribution is -2.51. The molecule has 11 heteroatoms. The second-order valence-electron chi connectivity index (χ2n) is 8.74. The zero-order chi connectivity index (χ0) is 24.9. The average Bonchev–Trinajstić information content (AvgIpc) is 2.87. The highest BCUT2D eigenvalue weighted by Crippen LogP contribution is 2.25. The number of rotatable bonds is 7. The molecule has 4 rings (SSSR count). The molecule has 3 N–H and O–H groups in total. The predicted octanol–water partition coefficient (Wildman–Crippen LogP) is 1.53. The van der Waals surface area contributed by atoms with Gasteiger partial charge >= 0.3 is 0 Å². The van der Waals surface area contributed by atoms with Crippen LogP contribution in [0.2, 0.25) is 0 Å². The summed E-state index contributed by atoms with van der Waals surface area (Å²) in [4.78, 5) is 30.8. The number of anilines is 1. The van der Waals surface area contributed by atoms with Crippen molar-refractivity contribution in [3.8, 4) is 0 Å². The van der Waals surface area contributed by atoms with Gasteiger partial charge in [-0.1, -0.05) is 0 Å². The molecule has 3 atom stereocenters. The highest BCUT2D eigenvalue weighted by molar-refractivity contribution is 6.06. The van der Waals surface area contributed by atoms with Gasteiger partial charge in [0.1, 0.15) is 17.3 Å². The number of aromatic nitrogens is 1. The summed E-state index contributed by atoms with van der Waals surface area (Å²) >= 11 is 0. The van der Waals surface area contributed by atoms with Crippen LogP contribution in [0.25, 0.3) is 0 Å². The first-order valence-electron chi connectivity index (χ1n) is 11.8. The normalized spacial score (nSPS) is 25.6. The summed E-state index contributed by atoms with van der Waals surface area (Å²) in [5.41, 5.74) is 0.580. The van der Waals surface area contributed by atoms with E-state index < -0.39 is 0 Å². The van der Waals surface area contributed by atoms with Gasteiger partial charge in [-0.25, -0.2) is 4.99 Å². The number of hydrazone groups is 1. The third-order valence-electron chi connectivity index (χ3n) is 6.60. The minimum absolute atomic E-state index is 0.000933. The van der Waals surface area contributed by atoms with Crippen molar-refractivity contribution in [1.82, 2.24) is 20.2 Å². The number of aliphatic imine (C=N–C) groups is 1. The number of carbonyl (C=O) groups excluding carboxylic acids is 1. The van der Waals surface area contributed by atoms with Gasteiger partial charge in [-0.05, 0) is 44.7 Å². The zero-order valence-corrected chi connectivity index (χ0v) is 20.4. The third kappa shape index (κ3) is 5.15. The Morgan fingerprint density at radius 1 is 1.34 bits per heavy atom. The highest BCUT2D eigenvalue weighted by atomic mass is 16.5. The maximum Gasteiger partial charge on any atom is 0.274 e. The molecule has 3 aliphatic rings. The maximum absolute atomic E-state index is 13.2. The van der Waals surface area contributed by atoms with Gasteiger partial charge in [0.05, 0.1) is 30.4 Å². The van der Waals surface area contributed by atoms with Gasteiger partial charge in [0, 0.05) is 39.8 Å². The fourth-order valence-corrected chi connectivity index (χ4v) is 4.40. The SMILES string of the molecule is C=NN1C(NC)=CC(Nc2cccn([C@@H]3CCCOC3)c2=O)=N/C1=C(/C)C(=O)NC1CCC1OC. The van der Waals surface area contributed by atoms with Gasteiger partial charge in [-0.15, -0.1) is 0 Å². The summed E-state index contributed by atoms with van der Waals surface area (Å²) in [6, 6.07) is 3.49. The van der Waals surface area contributed by atoms with E-state index in [4.69, 9.17) is 9.47 Å². The van der Waals surface area contributed by atoms with E-state index in [1.54, 1.807) is 44.0 Å². The molecule has 3 heterocycles. The Morgan fingerprint density at radius 3 is 2.80 bits per heavy atom. The van der Waals surface area contributed by atoms with Crippen LogP contribution in [0.5, 0.6) is 0 Å². The van der Waals surface area contributed by atoms with Crippen molar-refractivity contribution in [1.29, 1.82) is 0 Å². The van der Waals surface area contributed by atoms with Crippen LogP contribution in [-0.2, 0) is 14.3 Å². The number of methoxy groups -OCH3 is 1. The summed E-state index contributed by atoms with van der Waals surface area (Å²) in [6.45, 7) is 6.55. The number of ether oxygens (including phenoxy) is 2. The first-order valence-corrected chi connectivity index (χ1v) is 11.8. The lowest BCUT2D eigenvalue weighted by Gasteiger charge is -2.36. The quantitative estimate of drug-likeness (QED) is 0.397. The molecule has 1 aromatic rings. The van der Waals surface area contributed by atoms with Gasteiger partial charge in [-0.2, -0.15) is 10.1 Å². The van der Waals surface area contributed by atoms with Crippen LogP contribution >= 0.6 is 0 Å². The van der Waals surface area contributed by atoms with E-state index in [1.165, 1.54) is 5.01 Å². The molecule has 188 valence electrons. The number of amides is 1. The van der Waals surface area contributed by atoms with Crippen LogP contribution in [0.1, 0.15) is 38.6 Å². The standard InChI is InChI=1S/C24H33N7O4/c1-15(23(32)28-17-9-10-19(17)34-4)22-29-20(13-21(25-2)31(22)26-3)27-18-8-5-11-30(24(18)33)16-7-6-12-35-14-16/h5,8,11,13,16-17,19,25H,3,6-7,9-10,12,14H2,1-2,4H3,(H,27,29)(H,28,32)/b22-15+/t16-,17?,19?/m1/s1. The molecule has 0 radical (unpaired) electrons. The highest BCUT2D eigenvalue weighted by Gasteiger charge is 2.33. The van der Waals surface area contributed by atoms with Crippen LogP contribution < -0.4 is 21.5 Å². The molecule has 0 aromatic carbocycles. The number of nitrogens with one attached hydrogen (secondary N) is 3. The van der Waals surface area contributed by atoms with Gasteiger partial charge in [-0.3, -0.25) is 9.59 Å². The number of carbonyl (C=O) groups is 1. The molecule has 1 aliphatic carbocycles. The first-order chi connectivity index (χ1) is 17.0. The Morgan fingerprint density at radius 2 is 2.17 bits per heavy atom. The topological polar surface area (TPSA) is 122 Å². The van der Waals surface area contributed by atoms with Gasteiger partial charge in [0.2, 0.25) is 0 Å². The third-order valence-corrected chi connectivity index (χ3v) is 6.60.